The van der Waals surface area contributed by atoms with Crippen molar-refractivity contribution in [3.63, 3.8) is 0 Å². The first kappa shape index (κ1) is 13.0. The topological polar surface area (TPSA) is 71.2 Å². The first-order chi connectivity index (χ1) is 7.44. The Morgan fingerprint density at radius 1 is 1.44 bits per heavy atom. The van der Waals surface area contributed by atoms with Crippen LogP contribution in [0.25, 0.3) is 0 Å². The van der Waals surface area contributed by atoms with Crippen LogP contribution >= 0.6 is 0 Å². The smallest absolute Gasteiger partial charge is 0.321 e. The molecule has 92 valence electrons. The highest BCUT2D eigenvalue weighted by Crippen LogP contribution is 2.20. The Morgan fingerprint density at radius 3 is 2.62 bits per heavy atom. The quantitative estimate of drug-likeness (QED) is 0.778. The Kier molecular flexibility index (Phi) is 4.29. The Hall–Kier alpha value is -1.10. The highest BCUT2D eigenvalue weighted by Gasteiger charge is 2.18. The Bertz CT molecular complexity index is 321. The van der Waals surface area contributed by atoms with Crippen molar-refractivity contribution in [2.24, 2.45) is 5.41 Å². The van der Waals surface area contributed by atoms with Gasteiger partial charge in [-0.2, -0.15) is 4.98 Å². The zero-order chi connectivity index (χ0) is 12.2. The van der Waals surface area contributed by atoms with E-state index in [-0.39, 0.29) is 17.9 Å². The van der Waals surface area contributed by atoms with E-state index in [1.807, 2.05) is 13.8 Å². The fraction of sp³-hybridized carbons (Fsp3) is 0.818. The summed E-state index contributed by atoms with van der Waals surface area (Å²) >= 11 is 0. The summed E-state index contributed by atoms with van der Waals surface area (Å²) in [7, 11) is 0. The number of aliphatic hydroxyl groups is 1. The molecule has 0 atom stereocenters. The summed E-state index contributed by atoms with van der Waals surface area (Å²) in [5.41, 5.74) is 0.0151. The van der Waals surface area contributed by atoms with Gasteiger partial charge in [-0.25, -0.2) is 0 Å². The van der Waals surface area contributed by atoms with Gasteiger partial charge in [0.2, 0.25) is 0 Å². The SMILES string of the molecule is CC(C)c1noc(NCC(C)(C)CCO)n1. The molecule has 1 rings (SSSR count). The molecule has 5 nitrogen and oxygen atoms in total. The fourth-order valence-corrected chi connectivity index (χ4v) is 1.25. The maximum Gasteiger partial charge on any atom is 0.321 e. The molecule has 1 aromatic heterocycles. The normalized spacial score (nSPS) is 12.1. The summed E-state index contributed by atoms with van der Waals surface area (Å²) in [6, 6.07) is 0.453. The minimum atomic E-state index is 0.0151. The van der Waals surface area contributed by atoms with Gasteiger partial charge in [0.15, 0.2) is 5.82 Å². The highest BCUT2D eigenvalue weighted by atomic mass is 16.5. The molecule has 1 heterocycles. The molecule has 16 heavy (non-hydrogen) atoms. The van der Waals surface area contributed by atoms with Crippen molar-refractivity contribution in [1.29, 1.82) is 0 Å². The summed E-state index contributed by atoms with van der Waals surface area (Å²) in [4.78, 5) is 4.22. The van der Waals surface area contributed by atoms with Crippen molar-refractivity contribution in [2.75, 3.05) is 18.5 Å². The number of rotatable bonds is 6. The number of nitrogens with zero attached hydrogens (tertiary/aromatic N) is 2. The van der Waals surface area contributed by atoms with Crippen molar-refractivity contribution in [3.8, 4) is 0 Å². The van der Waals surface area contributed by atoms with E-state index >= 15 is 0 Å². The lowest BCUT2D eigenvalue weighted by atomic mass is 9.90. The molecule has 1 aromatic rings. The standard InChI is InChI=1S/C11H21N3O2/c1-8(2)9-13-10(16-14-9)12-7-11(3,4)5-6-15/h8,15H,5-7H2,1-4H3,(H,12,13,14). The largest absolute Gasteiger partial charge is 0.396 e. The van der Waals surface area contributed by atoms with E-state index in [2.05, 4.69) is 29.3 Å². The Labute approximate surface area is 96.2 Å². The van der Waals surface area contributed by atoms with Crippen LogP contribution in [0.2, 0.25) is 0 Å². The van der Waals surface area contributed by atoms with Crippen LogP contribution in [0.1, 0.15) is 45.9 Å². The summed E-state index contributed by atoms with van der Waals surface area (Å²) in [6.07, 6.45) is 0.741. The summed E-state index contributed by atoms with van der Waals surface area (Å²) in [5, 5.41) is 15.9. The van der Waals surface area contributed by atoms with Crippen molar-refractivity contribution in [1.82, 2.24) is 10.1 Å². The van der Waals surface area contributed by atoms with Crippen LogP contribution in [0.4, 0.5) is 6.01 Å². The molecule has 0 fully saturated rings. The van der Waals surface area contributed by atoms with E-state index in [9.17, 15) is 0 Å². The van der Waals surface area contributed by atoms with E-state index < -0.39 is 0 Å². The van der Waals surface area contributed by atoms with Gasteiger partial charge in [-0.05, 0) is 11.8 Å². The van der Waals surface area contributed by atoms with Gasteiger partial charge >= 0.3 is 6.01 Å². The number of anilines is 1. The van der Waals surface area contributed by atoms with Crippen molar-refractivity contribution in [2.45, 2.75) is 40.0 Å². The molecule has 5 heteroatoms. The lowest BCUT2D eigenvalue weighted by molar-refractivity contribution is 0.219. The van der Waals surface area contributed by atoms with Crippen LogP contribution in [0, 0.1) is 5.41 Å². The second kappa shape index (κ2) is 5.30. The Morgan fingerprint density at radius 2 is 2.12 bits per heavy atom. The molecule has 0 unspecified atom stereocenters. The predicted octanol–water partition coefficient (Wildman–Crippen LogP) is 2.01. The average molecular weight is 227 g/mol. The third-order valence-electron chi connectivity index (χ3n) is 2.46. The van der Waals surface area contributed by atoms with Crippen molar-refractivity contribution >= 4 is 6.01 Å². The van der Waals surface area contributed by atoms with Crippen LogP contribution < -0.4 is 5.32 Å². The number of aliphatic hydroxyl groups excluding tert-OH is 1. The van der Waals surface area contributed by atoms with Crippen LogP contribution in [-0.2, 0) is 0 Å². The lowest BCUT2D eigenvalue weighted by Gasteiger charge is -2.22. The number of aromatic nitrogens is 2. The van der Waals surface area contributed by atoms with Gasteiger partial charge in [-0.15, -0.1) is 0 Å². The molecule has 0 saturated heterocycles. The molecule has 0 aliphatic carbocycles. The maximum absolute atomic E-state index is 8.90. The third kappa shape index (κ3) is 3.81. The second-order valence-corrected chi connectivity index (χ2v) is 5.10. The molecule has 0 spiro atoms. The van der Waals surface area contributed by atoms with Crippen molar-refractivity contribution in [3.05, 3.63) is 5.82 Å². The maximum atomic E-state index is 8.90. The van der Waals surface area contributed by atoms with Gasteiger partial charge in [-0.1, -0.05) is 32.9 Å². The van der Waals surface area contributed by atoms with Crippen LogP contribution in [-0.4, -0.2) is 28.4 Å². The van der Waals surface area contributed by atoms with Crippen LogP contribution in [0.15, 0.2) is 4.52 Å². The molecule has 0 bridgehead atoms. The molecule has 0 aliphatic heterocycles. The van der Waals surface area contributed by atoms with Gasteiger partial charge in [-0.3, -0.25) is 0 Å². The van der Waals surface area contributed by atoms with Crippen LogP contribution in [0.5, 0.6) is 0 Å². The zero-order valence-corrected chi connectivity index (χ0v) is 10.4. The first-order valence-corrected chi connectivity index (χ1v) is 5.63. The molecule has 2 N–H and O–H groups in total. The van der Waals surface area contributed by atoms with E-state index in [1.54, 1.807) is 0 Å². The van der Waals surface area contributed by atoms with E-state index in [1.165, 1.54) is 0 Å². The average Bonchev–Trinajstić information content (AvgIpc) is 2.63. The van der Waals surface area contributed by atoms with Crippen LogP contribution in [0.3, 0.4) is 0 Å². The monoisotopic (exact) mass is 227 g/mol. The summed E-state index contributed by atoms with van der Waals surface area (Å²) in [5.74, 6) is 0.979. The first-order valence-electron chi connectivity index (χ1n) is 5.63. The molecule has 0 aliphatic rings. The van der Waals surface area contributed by atoms with E-state index in [0.717, 1.165) is 6.42 Å². The van der Waals surface area contributed by atoms with Gasteiger partial charge in [0.1, 0.15) is 0 Å². The van der Waals surface area contributed by atoms with E-state index in [4.69, 9.17) is 9.63 Å². The van der Waals surface area contributed by atoms with Crippen molar-refractivity contribution < 1.29 is 9.63 Å². The van der Waals surface area contributed by atoms with Gasteiger partial charge < -0.3 is 14.9 Å². The highest BCUT2D eigenvalue weighted by molar-refractivity contribution is 5.19. The number of hydrogen-bond acceptors (Lipinski definition) is 5. The predicted molar refractivity (Wildman–Crippen MR) is 62.4 cm³/mol. The summed E-state index contributed by atoms with van der Waals surface area (Å²) < 4.78 is 5.06. The molecule has 0 radical (unpaired) electrons. The van der Waals surface area contributed by atoms with Gasteiger partial charge in [0.05, 0.1) is 0 Å². The molecular weight excluding hydrogens is 206 g/mol. The van der Waals surface area contributed by atoms with Gasteiger partial charge in [0.25, 0.3) is 0 Å². The minimum Gasteiger partial charge on any atom is -0.396 e. The number of nitrogens with one attached hydrogen (secondary N) is 1. The Balaban J connectivity index is 2.48. The molecular formula is C11H21N3O2. The third-order valence-corrected chi connectivity index (χ3v) is 2.46. The lowest BCUT2D eigenvalue weighted by Crippen LogP contribution is -2.24. The van der Waals surface area contributed by atoms with E-state index in [0.29, 0.717) is 18.4 Å². The fourth-order valence-electron chi connectivity index (χ4n) is 1.25. The second-order valence-electron chi connectivity index (χ2n) is 5.10. The molecule has 0 saturated carbocycles. The molecule has 0 aromatic carbocycles. The zero-order valence-electron chi connectivity index (χ0n) is 10.4. The van der Waals surface area contributed by atoms with Gasteiger partial charge in [0, 0.05) is 19.1 Å². The number of hydrogen-bond donors (Lipinski definition) is 2. The minimum absolute atomic E-state index is 0.0151. The summed E-state index contributed by atoms with van der Waals surface area (Å²) in [6.45, 7) is 9.09. The molecule has 0 amide bonds.